The van der Waals surface area contributed by atoms with Gasteiger partial charge in [0.25, 0.3) is 5.91 Å². The number of nitrogens with one attached hydrogen (secondary N) is 2. The molecule has 4 heterocycles. The highest BCUT2D eigenvalue weighted by atomic mass is 19.1. The van der Waals surface area contributed by atoms with Gasteiger partial charge in [-0.05, 0) is 36.2 Å². The Morgan fingerprint density at radius 1 is 1.23 bits per heavy atom. The van der Waals surface area contributed by atoms with E-state index in [2.05, 4.69) is 25.7 Å². The van der Waals surface area contributed by atoms with Crippen molar-refractivity contribution in [2.24, 2.45) is 7.05 Å². The highest BCUT2D eigenvalue weighted by Gasteiger charge is 2.22. The Kier molecular flexibility index (Phi) is 6.28. The molecular weight excluding hydrogens is 451 g/mol. The van der Waals surface area contributed by atoms with Gasteiger partial charge < -0.3 is 20.1 Å². The number of halogens is 1. The largest absolute Gasteiger partial charge is 0.494 e. The van der Waals surface area contributed by atoms with Crippen LogP contribution in [-0.2, 0) is 11.8 Å². The predicted molar refractivity (Wildman–Crippen MR) is 128 cm³/mol. The Bertz CT molecular complexity index is 1370. The number of hydrogen-bond donors (Lipinski definition) is 2. The van der Waals surface area contributed by atoms with Gasteiger partial charge in [0.15, 0.2) is 11.6 Å². The predicted octanol–water partition coefficient (Wildman–Crippen LogP) is 3.23. The third kappa shape index (κ3) is 4.92. The lowest BCUT2D eigenvalue weighted by Crippen LogP contribution is -2.30. The molecule has 4 aromatic rings. The standard InChI is InChI=1S/C25H25FN6O3/c1-32-13-17(12-28-32)24(15-4-6-22(34-2)19(26)9-15)31-25(33)20-5-3-16-11-27-23(10-21(16)30-20)29-18-7-8-35-14-18/h3-6,9-13,18,24H,7-8,14H2,1-2H3,(H,27,29)(H,31,33)/t18-,24?/m1/s1. The Morgan fingerprint density at radius 3 is 2.83 bits per heavy atom. The molecule has 5 rings (SSSR count). The minimum atomic E-state index is -0.633. The lowest BCUT2D eigenvalue weighted by molar-refractivity contribution is 0.0938. The van der Waals surface area contributed by atoms with Crippen LogP contribution in [0, 0.1) is 5.82 Å². The van der Waals surface area contributed by atoms with Gasteiger partial charge >= 0.3 is 0 Å². The topological polar surface area (TPSA) is 103 Å². The minimum absolute atomic E-state index is 0.128. The molecule has 1 fully saturated rings. The van der Waals surface area contributed by atoms with E-state index in [9.17, 15) is 9.18 Å². The molecule has 0 spiro atoms. The molecule has 10 heteroatoms. The van der Waals surface area contributed by atoms with Gasteiger partial charge in [-0.25, -0.2) is 14.4 Å². The van der Waals surface area contributed by atoms with Crippen LogP contribution in [0.2, 0.25) is 0 Å². The highest BCUT2D eigenvalue weighted by Crippen LogP contribution is 2.27. The van der Waals surface area contributed by atoms with Gasteiger partial charge in [-0.15, -0.1) is 0 Å². The first-order chi connectivity index (χ1) is 17.0. The number of amides is 1. The molecule has 1 amide bonds. The van der Waals surface area contributed by atoms with E-state index in [1.807, 2.05) is 6.07 Å². The maximum Gasteiger partial charge on any atom is 0.270 e. The second kappa shape index (κ2) is 9.67. The zero-order valence-corrected chi connectivity index (χ0v) is 19.4. The van der Waals surface area contributed by atoms with Gasteiger partial charge in [-0.2, -0.15) is 5.10 Å². The first-order valence-electron chi connectivity index (χ1n) is 11.2. The van der Waals surface area contributed by atoms with Gasteiger partial charge in [0.2, 0.25) is 0 Å². The average Bonchev–Trinajstić information content (AvgIpc) is 3.53. The van der Waals surface area contributed by atoms with Gasteiger partial charge in [-0.1, -0.05) is 6.07 Å². The number of pyridine rings is 2. The first-order valence-corrected chi connectivity index (χ1v) is 11.2. The monoisotopic (exact) mass is 476 g/mol. The van der Waals surface area contributed by atoms with Crippen molar-refractivity contribution in [3.05, 3.63) is 77.6 Å². The number of aryl methyl sites for hydroxylation is 1. The van der Waals surface area contributed by atoms with Crippen LogP contribution in [0.25, 0.3) is 10.9 Å². The lowest BCUT2D eigenvalue weighted by Gasteiger charge is -2.19. The first kappa shape index (κ1) is 22.7. The molecule has 1 saturated heterocycles. The number of anilines is 1. The van der Waals surface area contributed by atoms with E-state index in [-0.39, 0.29) is 17.5 Å². The molecule has 35 heavy (non-hydrogen) atoms. The molecule has 0 radical (unpaired) electrons. The normalized spacial score (nSPS) is 16.3. The molecule has 1 unspecified atom stereocenters. The van der Waals surface area contributed by atoms with E-state index >= 15 is 0 Å². The number of carbonyl (C=O) groups is 1. The van der Waals surface area contributed by atoms with Crippen molar-refractivity contribution in [2.75, 3.05) is 25.6 Å². The van der Waals surface area contributed by atoms with Crippen LogP contribution < -0.4 is 15.4 Å². The van der Waals surface area contributed by atoms with Crippen molar-refractivity contribution in [1.82, 2.24) is 25.1 Å². The summed E-state index contributed by atoms with van der Waals surface area (Å²) >= 11 is 0. The molecule has 0 bridgehead atoms. The van der Waals surface area contributed by atoms with Crippen LogP contribution in [0.1, 0.15) is 34.1 Å². The smallest absolute Gasteiger partial charge is 0.270 e. The van der Waals surface area contributed by atoms with Crippen molar-refractivity contribution < 1.29 is 18.7 Å². The fourth-order valence-corrected chi connectivity index (χ4v) is 4.09. The van der Waals surface area contributed by atoms with Crippen molar-refractivity contribution >= 4 is 22.6 Å². The molecule has 1 aliphatic rings. The molecule has 0 aliphatic carbocycles. The summed E-state index contributed by atoms with van der Waals surface area (Å²) in [7, 11) is 3.18. The molecule has 1 aliphatic heterocycles. The molecule has 0 saturated carbocycles. The third-order valence-corrected chi connectivity index (χ3v) is 5.93. The van der Waals surface area contributed by atoms with Crippen molar-refractivity contribution in [3.8, 4) is 5.75 Å². The number of fused-ring (bicyclic) bond motifs is 1. The van der Waals surface area contributed by atoms with E-state index in [0.29, 0.717) is 29.1 Å². The third-order valence-electron chi connectivity index (χ3n) is 5.93. The van der Waals surface area contributed by atoms with Gasteiger partial charge in [0.1, 0.15) is 11.5 Å². The second-order valence-corrected chi connectivity index (χ2v) is 8.41. The van der Waals surface area contributed by atoms with Crippen LogP contribution in [0.3, 0.4) is 0 Å². The summed E-state index contributed by atoms with van der Waals surface area (Å²) in [6.45, 7) is 1.36. The molecule has 9 nitrogen and oxygen atoms in total. The summed E-state index contributed by atoms with van der Waals surface area (Å²) in [5.74, 6) is -0.104. The van der Waals surface area contributed by atoms with Crippen LogP contribution in [-0.4, -0.2) is 52.0 Å². The highest BCUT2D eigenvalue weighted by molar-refractivity contribution is 5.95. The van der Waals surface area contributed by atoms with E-state index in [4.69, 9.17) is 9.47 Å². The van der Waals surface area contributed by atoms with Crippen molar-refractivity contribution in [2.45, 2.75) is 18.5 Å². The van der Waals surface area contributed by atoms with E-state index in [0.717, 1.165) is 18.4 Å². The molecule has 3 aromatic heterocycles. The fourth-order valence-electron chi connectivity index (χ4n) is 4.09. The Morgan fingerprint density at radius 2 is 2.11 bits per heavy atom. The summed E-state index contributed by atoms with van der Waals surface area (Å²) in [6.07, 6.45) is 6.05. The fraction of sp³-hybridized carbons (Fsp3) is 0.280. The zero-order chi connectivity index (χ0) is 24.4. The number of aromatic nitrogens is 4. The molecule has 1 aromatic carbocycles. The Labute approximate surface area is 201 Å². The number of rotatable bonds is 7. The number of ether oxygens (including phenoxy) is 2. The molecular formula is C25H25FN6O3. The van der Waals surface area contributed by atoms with Gasteiger partial charge in [-0.3, -0.25) is 9.48 Å². The van der Waals surface area contributed by atoms with Crippen LogP contribution in [0.15, 0.2) is 55.0 Å². The number of benzene rings is 1. The maximum atomic E-state index is 14.5. The summed E-state index contributed by atoms with van der Waals surface area (Å²) < 4.78 is 26.5. The van der Waals surface area contributed by atoms with Crippen LogP contribution >= 0.6 is 0 Å². The molecule has 2 N–H and O–H groups in total. The van der Waals surface area contributed by atoms with Gasteiger partial charge in [0, 0.05) is 43.1 Å². The Balaban J connectivity index is 1.42. The summed E-state index contributed by atoms with van der Waals surface area (Å²) in [4.78, 5) is 22.3. The maximum absolute atomic E-state index is 14.5. The van der Waals surface area contributed by atoms with Crippen LogP contribution in [0.5, 0.6) is 5.75 Å². The Hall–Kier alpha value is -4.05. The quantitative estimate of drug-likeness (QED) is 0.422. The summed E-state index contributed by atoms with van der Waals surface area (Å²) in [6, 6.07) is 9.44. The SMILES string of the molecule is COc1ccc(C(NC(=O)c2ccc3cnc(N[C@@H]4CCOC4)cc3n2)c2cnn(C)c2)cc1F. The lowest BCUT2D eigenvalue weighted by atomic mass is 10.0. The van der Waals surface area contributed by atoms with E-state index < -0.39 is 17.8 Å². The summed E-state index contributed by atoms with van der Waals surface area (Å²) in [5, 5.41) is 11.3. The number of hydrogen-bond acceptors (Lipinski definition) is 7. The van der Waals surface area contributed by atoms with Gasteiger partial charge in [0.05, 0.1) is 37.5 Å². The zero-order valence-electron chi connectivity index (χ0n) is 19.4. The molecule has 180 valence electrons. The van der Waals surface area contributed by atoms with Crippen LogP contribution in [0.4, 0.5) is 10.2 Å². The van der Waals surface area contributed by atoms with Crippen molar-refractivity contribution in [1.29, 1.82) is 0 Å². The number of nitrogens with zero attached hydrogens (tertiary/aromatic N) is 4. The average molecular weight is 477 g/mol. The number of methoxy groups -OCH3 is 1. The number of carbonyl (C=O) groups excluding carboxylic acids is 1. The van der Waals surface area contributed by atoms with E-state index in [1.54, 1.807) is 48.5 Å². The minimum Gasteiger partial charge on any atom is -0.494 e. The second-order valence-electron chi connectivity index (χ2n) is 8.41. The molecule has 2 atom stereocenters. The summed E-state index contributed by atoms with van der Waals surface area (Å²) in [5.41, 5.74) is 2.14. The van der Waals surface area contributed by atoms with Crippen molar-refractivity contribution in [3.63, 3.8) is 0 Å². The van der Waals surface area contributed by atoms with E-state index in [1.165, 1.54) is 19.2 Å².